The maximum atomic E-state index is 12.9. The molecule has 4 heteroatoms. The van der Waals surface area contributed by atoms with Crippen LogP contribution < -0.4 is 0 Å². The van der Waals surface area contributed by atoms with Crippen molar-refractivity contribution in [3.63, 3.8) is 0 Å². The van der Waals surface area contributed by atoms with E-state index in [-0.39, 0.29) is 11.1 Å². The smallest absolute Gasteiger partial charge is 0.222 e. The van der Waals surface area contributed by atoms with Crippen molar-refractivity contribution in [2.24, 2.45) is 0 Å². The Hall–Kier alpha value is -1.22. The van der Waals surface area contributed by atoms with Gasteiger partial charge in [-0.25, -0.2) is 14.4 Å². The second-order valence-electron chi connectivity index (χ2n) is 2.80. The van der Waals surface area contributed by atoms with Gasteiger partial charge in [-0.2, -0.15) is 0 Å². The molecule has 1 heterocycles. The quantitative estimate of drug-likeness (QED) is 0.606. The fourth-order valence-corrected chi connectivity index (χ4v) is 1.39. The van der Waals surface area contributed by atoms with Gasteiger partial charge in [-0.05, 0) is 36.2 Å². The number of hydrogen-bond acceptors (Lipinski definition) is 2. The van der Waals surface area contributed by atoms with E-state index in [1.165, 1.54) is 18.3 Å². The second kappa shape index (κ2) is 2.92. The highest BCUT2D eigenvalue weighted by Gasteiger charge is 2.03. The number of aromatic nitrogens is 2. The van der Waals surface area contributed by atoms with Crippen molar-refractivity contribution in [1.29, 1.82) is 0 Å². The van der Waals surface area contributed by atoms with Gasteiger partial charge in [-0.15, -0.1) is 0 Å². The summed E-state index contributed by atoms with van der Waals surface area (Å²) >= 11 is 5.61. The summed E-state index contributed by atoms with van der Waals surface area (Å²) in [6, 6.07) is 2.81. The van der Waals surface area contributed by atoms with E-state index in [0.29, 0.717) is 10.9 Å². The molecule has 0 saturated carbocycles. The lowest BCUT2D eigenvalue weighted by Gasteiger charge is -2.00. The molecule has 0 N–H and O–H groups in total. The molecule has 13 heavy (non-hydrogen) atoms. The number of hydrogen-bond donors (Lipinski definition) is 0. The molecule has 2 rings (SSSR count). The molecule has 0 fully saturated rings. The van der Waals surface area contributed by atoms with Gasteiger partial charge in [0.1, 0.15) is 5.82 Å². The van der Waals surface area contributed by atoms with Crippen LogP contribution in [0.1, 0.15) is 5.56 Å². The summed E-state index contributed by atoms with van der Waals surface area (Å²) in [6.45, 7) is 1.79. The Balaban J connectivity index is 2.87. The van der Waals surface area contributed by atoms with E-state index in [1.807, 2.05) is 0 Å². The maximum Gasteiger partial charge on any atom is 0.222 e. The molecule has 0 aliphatic heterocycles. The lowest BCUT2D eigenvalue weighted by Crippen LogP contribution is -1.88. The Morgan fingerprint density at radius 2 is 2.15 bits per heavy atom. The highest BCUT2D eigenvalue weighted by atomic mass is 35.5. The molecular formula is C9H6ClFN2. The maximum absolute atomic E-state index is 12.9. The number of aryl methyl sites for hydroxylation is 1. The van der Waals surface area contributed by atoms with Gasteiger partial charge in [0.05, 0.1) is 5.52 Å². The fraction of sp³-hybridized carbons (Fsp3) is 0.111. The van der Waals surface area contributed by atoms with Crippen LogP contribution in [-0.4, -0.2) is 9.97 Å². The standard InChI is InChI=1S/C9H6ClFN2/c1-5-2-7(11)3-6-4-12-9(10)13-8(5)6/h2-4H,1H3. The van der Waals surface area contributed by atoms with Crippen molar-refractivity contribution >= 4 is 22.5 Å². The molecule has 1 aromatic carbocycles. The van der Waals surface area contributed by atoms with E-state index in [0.717, 1.165) is 5.56 Å². The van der Waals surface area contributed by atoms with Crippen molar-refractivity contribution in [3.8, 4) is 0 Å². The van der Waals surface area contributed by atoms with Crippen molar-refractivity contribution in [3.05, 3.63) is 35.0 Å². The third-order valence-corrected chi connectivity index (χ3v) is 1.99. The number of nitrogens with zero attached hydrogens (tertiary/aromatic N) is 2. The minimum absolute atomic E-state index is 0.183. The minimum atomic E-state index is -0.282. The zero-order chi connectivity index (χ0) is 9.42. The summed E-state index contributed by atoms with van der Waals surface area (Å²) in [6.07, 6.45) is 1.51. The first-order valence-corrected chi connectivity index (χ1v) is 4.13. The molecule has 0 radical (unpaired) electrons. The summed E-state index contributed by atoms with van der Waals surface area (Å²) in [5.41, 5.74) is 1.46. The molecule has 2 nitrogen and oxygen atoms in total. The third kappa shape index (κ3) is 1.47. The number of halogens is 2. The first-order chi connectivity index (χ1) is 6.16. The molecule has 0 amide bonds. The molecule has 0 bridgehead atoms. The Labute approximate surface area is 79.4 Å². The second-order valence-corrected chi connectivity index (χ2v) is 3.14. The van der Waals surface area contributed by atoms with Gasteiger partial charge >= 0.3 is 0 Å². The summed E-state index contributed by atoms with van der Waals surface area (Å²) in [7, 11) is 0. The molecule has 0 atom stereocenters. The Kier molecular flexibility index (Phi) is 1.88. The van der Waals surface area contributed by atoms with Gasteiger partial charge in [0.2, 0.25) is 5.28 Å². The monoisotopic (exact) mass is 196 g/mol. The van der Waals surface area contributed by atoms with E-state index in [1.54, 1.807) is 6.92 Å². The van der Waals surface area contributed by atoms with Crippen molar-refractivity contribution < 1.29 is 4.39 Å². The topological polar surface area (TPSA) is 25.8 Å². The highest BCUT2D eigenvalue weighted by molar-refractivity contribution is 6.28. The van der Waals surface area contributed by atoms with Gasteiger partial charge in [0.15, 0.2) is 0 Å². The van der Waals surface area contributed by atoms with Crippen LogP contribution >= 0.6 is 11.6 Å². The van der Waals surface area contributed by atoms with Crippen molar-refractivity contribution in [1.82, 2.24) is 9.97 Å². The fourth-order valence-electron chi connectivity index (χ4n) is 1.26. The van der Waals surface area contributed by atoms with E-state index >= 15 is 0 Å². The van der Waals surface area contributed by atoms with Gasteiger partial charge in [0, 0.05) is 11.6 Å². The number of fused-ring (bicyclic) bond motifs is 1. The predicted octanol–water partition coefficient (Wildman–Crippen LogP) is 2.73. The molecule has 66 valence electrons. The van der Waals surface area contributed by atoms with E-state index < -0.39 is 0 Å². The largest absolute Gasteiger partial charge is 0.226 e. The Morgan fingerprint density at radius 3 is 2.92 bits per heavy atom. The van der Waals surface area contributed by atoms with Gasteiger partial charge in [0.25, 0.3) is 0 Å². The lowest BCUT2D eigenvalue weighted by atomic mass is 10.1. The van der Waals surface area contributed by atoms with Crippen LogP contribution in [-0.2, 0) is 0 Å². The normalized spacial score (nSPS) is 10.7. The third-order valence-electron chi connectivity index (χ3n) is 1.81. The Bertz CT molecular complexity index is 470. The van der Waals surface area contributed by atoms with Crippen LogP contribution in [0.2, 0.25) is 5.28 Å². The molecule has 2 aromatic rings. The molecular weight excluding hydrogens is 191 g/mol. The SMILES string of the molecule is Cc1cc(F)cc2cnc(Cl)nc12. The molecule has 0 spiro atoms. The predicted molar refractivity (Wildman–Crippen MR) is 49.2 cm³/mol. The Morgan fingerprint density at radius 1 is 1.38 bits per heavy atom. The van der Waals surface area contributed by atoms with Gasteiger partial charge < -0.3 is 0 Å². The number of rotatable bonds is 0. The summed E-state index contributed by atoms with van der Waals surface area (Å²) < 4.78 is 12.9. The van der Waals surface area contributed by atoms with E-state index in [4.69, 9.17) is 11.6 Å². The van der Waals surface area contributed by atoms with Crippen LogP contribution in [0.5, 0.6) is 0 Å². The first-order valence-electron chi connectivity index (χ1n) is 3.75. The van der Waals surface area contributed by atoms with Crippen molar-refractivity contribution in [2.75, 3.05) is 0 Å². The summed E-state index contributed by atoms with van der Waals surface area (Å²) in [5.74, 6) is -0.282. The van der Waals surface area contributed by atoms with Crippen LogP contribution in [0.15, 0.2) is 18.3 Å². The van der Waals surface area contributed by atoms with Crippen molar-refractivity contribution in [2.45, 2.75) is 6.92 Å². The zero-order valence-electron chi connectivity index (χ0n) is 6.88. The average Bonchev–Trinajstić information content (AvgIpc) is 2.06. The number of benzene rings is 1. The van der Waals surface area contributed by atoms with Gasteiger partial charge in [-0.3, -0.25) is 0 Å². The molecule has 0 saturated heterocycles. The molecule has 0 aliphatic carbocycles. The first kappa shape index (κ1) is 8.38. The molecule has 1 aromatic heterocycles. The molecule has 0 unspecified atom stereocenters. The van der Waals surface area contributed by atoms with Gasteiger partial charge in [-0.1, -0.05) is 0 Å². The van der Waals surface area contributed by atoms with Crippen LogP contribution in [0, 0.1) is 12.7 Å². The molecule has 0 aliphatic rings. The van der Waals surface area contributed by atoms with E-state index in [9.17, 15) is 4.39 Å². The van der Waals surface area contributed by atoms with Crippen LogP contribution in [0.4, 0.5) is 4.39 Å². The minimum Gasteiger partial charge on any atom is -0.226 e. The lowest BCUT2D eigenvalue weighted by molar-refractivity contribution is 0.628. The summed E-state index contributed by atoms with van der Waals surface area (Å²) in [4.78, 5) is 7.78. The highest BCUT2D eigenvalue weighted by Crippen LogP contribution is 2.18. The van der Waals surface area contributed by atoms with Crippen LogP contribution in [0.3, 0.4) is 0 Å². The van der Waals surface area contributed by atoms with Crippen LogP contribution in [0.25, 0.3) is 10.9 Å². The average molecular weight is 197 g/mol. The zero-order valence-corrected chi connectivity index (χ0v) is 7.64. The van der Waals surface area contributed by atoms with E-state index in [2.05, 4.69) is 9.97 Å². The summed E-state index contributed by atoms with van der Waals surface area (Å²) in [5, 5.41) is 0.851.